The van der Waals surface area contributed by atoms with Crippen LogP contribution in [0.15, 0.2) is 60.7 Å². The fourth-order valence-corrected chi connectivity index (χ4v) is 2.96. The molecule has 1 unspecified atom stereocenters. The lowest BCUT2D eigenvalue weighted by molar-refractivity contribution is -0.140. The lowest BCUT2D eigenvalue weighted by Gasteiger charge is -2.29. The third kappa shape index (κ3) is 6.51. The highest BCUT2D eigenvalue weighted by Crippen LogP contribution is 2.25. The van der Waals surface area contributed by atoms with Crippen molar-refractivity contribution in [3.8, 4) is 0 Å². The zero-order valence-corrected chi connectivity index (χ0v) is 15.6. The third-order valence-corrected chi connectivity index (χ3v) is 4.03. The quantitative estimate of drug-likeness (QED) is 0.671. The molecule has 2 aromatic carbocycles. The highest BCUT2D eigenvalue weighted by Gasteiger charge is 2.30. The predicted octanol–water partition coefficient (Wildman–Crippen LogP) is 2.79. The zero-order valence-electron chi connectivity index (χ0n) is 15.6. The molecule has 0 heterocycles. The number of ether oxygens (including phenoxy) is 2. The summed E-state index contributed by atoms with van der Waals surface area (Å²) in [4.78, 5) is 23.5. The van der Waals surface area contributed by atoms with E-state index in [4.69, 9.17) is 14.6 Å². The van der Waals surface area contributed by atoms with Gasteiger partial charge >= 0.3 is 5.97 Å². The highest BCUT2D eigenvalue weighted by atomic mass is 16.5. The summed E-state index contributed by atoms with van der Waals surface area (Å²) in [5.41, 5.74) is 0.860. The van der Waals surface area contributed by atoms with E-state index >= 15 is 0 Å². The van der Waals surface area contributed by atoms with Crippen molar-refractivity contribution in [2.45, 2.75) is 25.0 Å². The second kappa shape index (κ2) is 9.85. The van der Waals surface area contributed by atoms with Crippen LogP contribution in [0.5, 0.6) is 0 Å². The van der Waals surface area contributed by atoms with Crippen molar-refractivity contribution in [3.63, 3.8) is 0 Å². The second-order valence-corrected chi connectivity index (χ2v) is 6.62. The Morgan fingerprint density at radius 3 is 2.00 bits per heavy atom. The number of nitrogens with one attached hydrogen (secondary N) is 1. The molecular formula is C21H25NO5. The number of amides is 1. The number of aliphatic carboxylic acids is 1. The summed E-state index contributed by atoms with van der Waals surface area (Å²) in [7, 11) is 1.46. The van der Waals surface area contributed by atoms with Gasteiger partial charge in [-0.25, -0.2) is 0 Å². The maximum absolute atomic E-state index is 12.4. The molecule has 1 atom stereocenters. The molecule has 0 aliphatic heterocycles. The number of carbonyl (C=O) groups excluding carboxylic acids is 1. The van der Waals surface area contributed by atoms with Crippen LogP contribution in [0.4, 0.5) is 0 Å². The molecule has 0 aliphatic carbocycles. The van der Waals surface area contributed by atoms with E-state index in [1.807, 2.05) is 60.7 Å². The zero-order chi connectivity index (χ0) is 19.7. The summed E-state index contributed by atoms with van der Waals surface area (Å²) < 4.78 is 11.0. The highest BCUT2D eigenvalue weighted by molar-refractivity contribution is 5.79. The Hall–Kier alpha value is -2.70. The molecular weight excluding hydrogens is 346 g/mol. The van der Waals surface area contributed by atoms with E-state index in [1.54, 1.807) is 6.92 Å². The van der Waals surface area contributed by atoms with E-state index in [2.05, 4.69) is 5.32 Å². The average Bonchev–Trinajstić information content (AvgIpc) is 2.63. The molecule has 0 aromatic heterocycles. The first-order chi connectivity index (χ1) is 12.9. The molecule has 6 nitrogen and oxygen atoms in total. The molecule has 2 N–H and O–H groups in total. The van der Waals surface area contributed by atoms with Crippen molar-refractivity contribution in [2.75, 3.05) is 20.3 Å². The Labute approximate surface area is 159 Å². The van der Waals surface area contributed by atoms with Crippen LogP contribution >= 0.6 is 0 Å². The minimum atomic E-state index is -1.01. The molecule has 2 rings (SSSR count). The van der Waals surface area contributed by atoms with Crippen molar-refractivity contribution in [1.82, 2.24) is 5.32 Å². The summed E-state index contributed by atoms with van der Waals surface area (Å²) >= 11 is 0. The number of carboxylic acid groups (broad SMARTS) is 1. The van der Waals surface area contributed by atoms with Gasteiger partial charge in [-0.2, -0.15) is 0 Å². The molecule has 144 valence electrons. The number of hydrogen-bond donors (Lipinski definition) is 2. The molecule has 0 radical (unpaired) electrons. The van der Waals surface area contributed by atoms with Gasteiger partial charge < -0.3 is 19.9 Å². The minimum Gasteiger partial charge on any atom is -0.481 e. The second-order valence-electron chi connectivity index (χ2n) is 6.62. The lowest BCUT2D eigenvalue weighted by Crippen LogP contribution is -2.51. The van der Waals surface area contributed by atoms with E-state index in [1.165, 1.54) is 7.11 Å². The lowest BCUT2D eigenvalue weighted by atomic mass is 9.99. The van der Waals surface area contributed by atoms with Crippen molar-refractivity contribution >= 4 is 11.9 Å². The van der Waals surface area contributed by atoms with Gasteiger partial charge in [0.15, 0.2) is 0 Å². The monoisotopic (exact) mass is 371 g/mol. The van der Waals surface area contributed by atoms with E-state index < -0.39 is 23.5 Å². The largest absolute Gasteiger partial charge is 0.481 e. The Morgan fingerprint density at radius 2 is 1.56 bits per heavy atom. The van der Waals surface area contributed by atoms with Crippen LogP contribution in [-0.4, -0.2) is 42.8 Å². The normalized spacial score (nSPS) is 13.1. The summed E-state index contributed by atoms with van der Waals surface area (Å²) in [5.74, 6) is -1.41. The Kier molecular flexibility index (Phi) is 7.52. The number of rotatable bonds is 10. The van der Waals surface area contributed by atoms with Gasteiger partial charge in [-0.15, -0.1) is 0 Å². The maximum atomic E-state index is 12.4. The number of benzene rings is 2. The fraction of sp³-hybridized carbons (Fsp3) is 0.333. The van der Waals surface area contributed by atoms with E-state index in [9.17, 15) is 9.59 Å². The van der Waals surface area contributed by atoms with E-state index in [0.29, 0.717) is 0 Å². The SMILES string of the molecule is COCC(C)(CC(=O)O)NC(=O)COC(c1ccccc1)c1ccccc1. The first-order valence-corrected chi connectivity index (χ1v) is 8.67. The molecule has 2 aromatic rings. The Bertz CT molecular complexity index is 695. The van der Waals surface area contributed by atoms with Crippen molar-refractivity contribution in [1.29, 1.82) is 0 Å². The molecule has 0 fully saturated rings. The molecule has 0 aliphatic rings. The topological polar surface area (TPSA) is 84.9 Å². The Morgan fingerprint density at radius 1 is 1.04 bits per heavy atom. The van der Waals surface area contributed by atoms with Gasteiger partial charge in [0, 0.05) is 7.11 Å². The summed E-state index contributed by atoms with van der Waals surface area (Å²) in [6.45, 7) is 1.52. The van der Waals surface area contributed by atoms with Crippen molar-refractivity contribution < 1.29 is 24.2 Å². The Balaban J connectivity index is 2.08. The van der Waals surface area contributed by atoms with Crippen LogP contribution in [0.1, 0.15) is 30.6 Å². The smallest absolute Gasteiger partial charge is 0.305 e. The predicted molar refractivity (Wildman–Crippen MR) is 101 cm³/mol. The van der Waals surface area contributed by atoms with Crippen molar-refractivity contribution in [3.05, 3.63) is 71.8 Å². The molecule has 0 bridgehead atoms. The molecule has 27 heavy (non-hydrogen) atoms. The van der Waals surface area contributed by atoms with Crippen LogP contribution in [0, 0.1) is 0 Å². The number of methoxy groups -OCH3 is 1. The van der Waals surface area contributed by atoms with E-state index in [-0.39, 0.29) is 19.6 Å². The number of carbonyl (C=O) groups is 2. The van der Waals surface area contributed by atoms with Crippen LogP contribution in [0.3, 0.4) is 0 Å². The fourth-order valence-electron chi connectivity index (χ4n) is 2.96. The third-order valence-electron chi connectivity index (χ3n) is 4.03. The molecule has 0 saturated carbocycles. The van der Waals surface area contributed by atoms with Gasteiger partial charge in [0.25, 0.3) is 0 Å². The summed E-state index contributed by atoms with van der Waals surface area (Å²) in [6.07, 6.45) is -0.640. The minimum absolute atomic E-state index is 0.0891. The first kappa shape index (κ1) is 20.6. The summed E-state index contributed by atoms with van der Waals surface area (Å²) in [5, 5.41) is 11.8. The molecule has 1 amide bonds. The number of hydrogen-bond acceptors (Lipinski definition) is 4. The van der Waals surface area contributed by atoms with Crippen LogP contribution in [0.25, 0.3) is 0 Å². The van der Waals surface area contributed by atoms with Gasteiger partial charge in [-0.3, -0.25) is 9.59 Å². The first-order valence-electron chi connectivity index (χ1n) is 8.67. The van der Waals surface area contributed by atoms with Gasteiger partial charge in [0.05, 0.1) is 18.6 Å². The van der Waals surface area contributed by atoms with Crippen LogP contribution < -0.4 is 5.32 Å². The van der Waals surface area contributed by atoms with E-state index in [0.717, 1.165) is 11.1 Å². The maximum Gasteiger partial charge on any atom is 0.305 e. The molecule has 6 heteroatoms. The van der Waals surface area contributed by atoms with Gasteiger partial charge in [-0.05, 0) is 18.1 Å². The number of carboxylic acids is 1. The van der Waals surface area contributed by atoms with Gasteiger partial charge in [0.1, 0.15) is 12.7 Å². The average molecular weight is 371 g/mol. The standard InChI is InChI=1S/C21H25NO5/c1-21(15-26-2,13-19(24)25)22-18(23)14-27-20(16-9-5-3-6-10-16)17-11-7-4-8-12-17/h3-12,20H,13-15H2,1-2H3,(H,22,23)(H,24,25). The van der Waals surface area contributed by atoms with Gasteiger partial charge in [0.2, 0.25) is 5.91 Å². The molecule has 0 spiro atoms. The van der Waals surface area contributed by atoms with Crippen molar-refractivity contribution in [2.24, 2.45) is 0 Å². The van der Waals surface area contributed by atoms with Crippen LogP contribution in [0.2, 0.25) is 0 Å². The van der Waals surface area contributed by atoms with Gasteiger partial charge in [-0.1, -0.05) is 60.7 Å². The summed E-state index contributed by atoms with van der Waals surface area (Å²) in [6, 6.07) is 19.2. The molecule has 0 saturated heterocycles. The van der Waals surface area contributed by atoms with Crippen LogP contribution in [-0.2, 0) is 19.1 Å².